The normalized spacial score (nSPS) is 20.2. The Balaban J connectivity index is 2.43. The number of nitrogens with two attached hydrogens (primary N) is 1. The Labute approximate surface area is 121 Å². The Morgan fingerprint density at radius 1 is 1.40 bits per heavy atom. The molecule has 0 spiro atoms. The van der Waals surface area contributed by atoms with Crippen LogP contribution in [0.4, 0.5) is 0 Å². The van der Waals surface area contributed by atoms with Gasteiger partial charge in [-0.15, -0.1) is 0 Å². The van der Waals surface area contributed by atoms with Gasteiger partial charge in [0.2, 0.25) is 10.0 Å². The molecule has 1 fully saturated rings. The summed E-state index contributed by atoms with van der Waals surface area (Å²) in [7, 11) is -3.24. The zero-order chi connectivity index (χ0) is 15.4. The molecule has 8 heteroatoms. The van der Waals surface area contributed by atoms with Crippen LogP contribution in [0.5, 0.6) is 0 Å². The summed E-state index contributed by atoms with van der Waals surface area (Å²) in [5.74, 6) is 0.307. The zero-order valence-corrected chi connectivity index (χ0v) is 13.3. The van der Waals surface area contributed by atoms with Crippen LogP contribution in [0.3, 0.4) is 0 Å². The summed E-state index contributed by atoms with van der Waals surface area (Å²) in [6.45, 7) is 7.61. The van der Waals surface area contributed by atoms with E-state index in [0.29, 0.717) is 6.54 Å². The molecule has 0 aromatic carbocycles. The summed E-state index contributed by atoms with van der Waals surface area (Å²) >= 11 is 0. The number of nitrogens with one attached hydrogen (secondary N) is 1. The molecule has 20 heavy (non-hydrogen) atoms. The first-order valence-corrected chi connectivity index (χ1v) is 8.45. The van der Waals surface area contributed by atoms with E-state index < -0.39 is 10.0 Å². The van der Waals surface area contributed by atoms with Gasteiger partial charge in [-0.1, -0.05) is 25.9 Å². The minimum atomic E-state index is -3.24. The summed E-state index contributed by atoms with van der Waals surface area (Å²) in [5.41, 5.74) is 5.21. The maximum atomic E-state index is 12.0. The van der Waals surface area contributed by atoms with Gasteiger partial charge in [0.25, 0.3) is 0 Å². The summed E-state index contributed by atoms with van der Waals surface area (Å²) in [4.78, 5) is 2.05. The van der Waals surface area contributed by atoms with E-state index in [0.717, 1.165) is 25.9 Å². The van der Waals surface area contributed by atoms with Gasteiger partial charge < -0.3 is 10.9 Å². The van der Waals surface area contributed by atoms with Crippen LogP contribution >= 0.6 is 0 Å². The number of hydrogen-bond acceptors (Lipinski definition) is 5. The molecule has 1 rings (SSSR count). The van der Waals surface area contributed by atoms with Crippen LogP contribution in [-0.2, 0) is 10.0 Å². The average molecular weight is 306 g/mol. The van der Waals surface area contributed by atoms with Gasteiger partial charge in [0.05, 0.1) is 12.3 Å². The molecule has 1 aliphatic rings. The first-order valence-electron chi connectivity index (χ1n) is 6.80. The third-order valence-corrected chi connectivity index (χ3v) is 5.01. The van der Waals surface area contributed by atoms with Crippen LogP contribution in [0.25, 0.3) is 0 Å². The van der Waals surface area contributed by atoms with Crippen molar-refractivity contribution >= 4 is 15.9 Å². The van der Waals surface area contributed by atoms with Crippen molar-refractivity contribution in [3.63, 3.8) is 0 Å². The van der Waals surface area contributed by atoms with E-state index in [1.165, 1.54) is 0 Å². The Morgan fingerprint density at radius 2 is 1.95 bits per heavy atom. The van der Waals surface area contributed by atoms with Crippen molar-refractivity contribution in [2.24, 2.45) is 16.3 Å². The number of likely N-dealkylation sites (tertiary alicyclic amines) is 1. The van der Waals surface area contributed by atoms with Crippen LogP contribution in [0, 0.1) is 5.41 Å². The Kier molecular flexibility index (Phi) is 5.79. The summed E-state index contributed by atoms with van der Waals surface area (Å²) < 4.78 is 26.8. The highest BCUT2D eigenvalue weighted by atomic mass is 32.2. The SMILES string of the molecule is CC(C)(C)CS(=O)(=O)NC1CCN(CC(N)=NO)CC1. The molecule has 0 radical (unpaired) electrons. The minimum absolute atomic E-state index is 0.0223. The molecule has 0 aromatic rings. The first-order chi connectivity index (χ1) is 9.11. The molecule has 0 amide bonds. The maximum absolute atomic E-state index is 12.0. The smallest absolute Gasteiger partial charge is 0.212 e. The molecule has 1 aliphatic heterocycles. The molecule has 0 saturated carbocycles. The molecule has 118 valence electrons. The zero-order valence-electron chi connectivity index (χ0n) is 12.5. The quantitative estimate of drug-likeness (QED) is 0.290. The van der Waals surface area contributed by atoms with Crippen molar-refractivity contribution in [2.75, 3.05) is 25.4 Å². The van der Waals surface area contributed by atoms with Crippen LogP contribution < -0.4 is 10.5 Å². The predicted molar refractivity (Wildman–Crippen MR) is 79.2 cm³/mol. The fourth-order valence-electron chi connectivity index (χ4n) is 2.34. The predicted octanol–water partition coefficient (Wildman–Crippen LogP) is 0.163. The van der Waals surface area contributed by atoms with Gasteiger partial charge in [0, 0.05) is 19.1 Å². The number of rotatable bonds is 5. The standard InChI is InChI=1S/C12H26N4O3S/c1-12(2,3)9-20(18,19)15-10-4-6-16(7-5-10)8-11(13)14-17/h10,15,17H,4-9H2,1-3H3,(H2,13,14). The molecular weight excluding hydrogens is 280 g/mol. The molecule has 0 aliphatic carbocycles. The van der Waals surface area contributed by atoms with Crippen molar-refractivity contribution in [1.29, 1.82) is 0 Å². The lowest BCUT2D eigenvalue weighted by Gasteiger charge is -2.32. The van der Waals surface area contributed by atoms with Gasteiger partial charge in [0.15, 0.2) is 5.84 Å². The molecule has 7 nitrogen and oxygen atoms in total. The Hall–Kier alpha value is -0.860. The molecule has 0 aromatic heterocycles. The van der Waals surface area contributed by atoms with Crippen LogP contribution in [0.15, 0.2) is 5.16 Å². The van der Waals surface area contributed by atoms with E-state index >= 15 is 0 Å². The molecule has 1 saturated heterocycles. The van der Waals surface area contributed by atoms with Crippen molar-refractivity contribution < 1.29 is 13.6 Å². The Morgan fingerprint density at radius 3 is 2.40 bits per heavy atom. The fourth-order valence-corrected chi connectivity index (χ4v) is 4.30. The second kappa shape index (κ2) is 6.73. The molecule has 0 atom stereocenters. The van der Waals surface area contributed by atoms with Gasteiger partial charge in [-0.2, -0.15) is 0 Å². The lowest BCUT2D eigenvalue weighted by Crippen LogP contribution is -2.47. The van der Waals surface area contributed by atoms with Gasteiger partial charge in [0.1, 0.15) is 0 Å². The monoisotopic (exact) mass is 306 g/mol. The van der Waals surface area contributed by atoms with E-state index in [4.69, 9.17) is 10.9 Å². The van der Waals surface area contributed by atoms with Gasteiger partial charge in [-0.3, -0.25) is 4.90 Å². The number of nitrogens with zero attached hydrogens (tertiary/aromatic N) is 2. The molecule has 0 bridgehead atoms. The second-order valence-corrected chi connectivity index (χ2v) is 8.33. The third kappa shape index (κ3) is 6.53. The van der Waals surface area contributed by atoms with Crippen LogP contribution in [-0.4, -0.2) is 55.8 Å². The minimum Gasteiger partial charge on any atom is -0.409 e. The summed E-state index contributed by atoms with van der Waals surface area (Å²) in [5, 5.41) is 11.5. The van der Waals surface area contributed by atoms with Crippen molar-refractivity contribution in [1.82, 2.24) is 9.62 Å². The van der Waals surface area contributed by atoms with E-state index in [2.05, 4.69) is 9.88 Å². The van der Waals surface area contributed by atoms with Crippen molar-refractivity contribution in [3.05, 3.63) is 0 Å². The van der Waals surface area contributed by atoms with Gasteiger partial charge >= 0.3 is 0 Å². The van der Waals surface area contributed by atoms with Crippen molar-refractivity contribution in [2.45, 2.75) is 39.7 Å². The number of piperidine rings is 1. The number of amidine groups is 1. The van der Waals surface area contributed by atoms with Crippen LogP contribution in [0.1, 0.15) is 33.6 Å². The van der Waals surface area contributed by atoms with E-state index in [-0.39, 0.29) is 23.0 Å². The number of hydrogen-bond donors (Lipinski definition) is 3. The van der Waals surface area contributed by atoms with Crippen LogP contribution in [0.2, 0.25) is 0 Å². The Bertz CT molecular complexity index is 434. The van der Waals surface area contributed by atoms with E-state index in [1.54, 1.807) is 0 Å². The largest absolute Gasteiger partial charge is 0.409 e. The molecule has 1 heterocycles. The van der Waals surface area contributed by atoms with Crippen molar-refractivity contribution in [3.8, 4) is 0 Å². The lowest BCUT2D eigenvalue weighted by atomic mass is 10.0. The highest BCUT2D eigenvalue weighted by Gasteiger charge is 2.27. The maximum Gasteiger partial charge on any atom is 0.212 e. The third-order valence-electron chi connectivity index (χ3n) is 3.07. The van der Waals surface area contributed by atoms with Gasteiger partial charge in [-0.05, 0) is 18.3 Å². The molecular formula is C12H26N4O3S. The molecule has 4 N–H and O–H groups in total. The fraction of sp³-hybridized carbons (Fsp3) is 0.917. The number of oxime groups is 1. The highest BCUT2D eigenvalue weighted by Crippen LogP contribution is 2.17. The second-order valence-electron chi connectivity index (χ2n) is 6.58. The first kappa shape index (κ1) is 17.2. The van der Waals surface area contributed by atoms with E-state index in [9.17, 15) is 8.42 Å². The lowest BCUT2D eigenvalue weighted by molar-refractivity contribution is 0.228. The molecule has 0 unspecified atom stereocenters. The average Bonchev–Trinajstić information content (AvgIpc) is 2.28. The van der Waals surface area contributed by atoms with E-state index in [1.807, 2.05) is 25.7 Å². The van der Waals surface area contributed by atoms with Gasteiger partial charge in [-0.25, -0.2) is 13.1 Å². The summed E-state index contributed by atoms with van der Waals surface area (Å²) in [6.07, 6.45) is 1.48. The topological polar surface area (TPSA) is 108 Å². The summed E-state index contributed by atoms with van der Waals surface area (Å²) in [6, 6.07) is -0.0223. The number of sulfonamides is 1. The highest BCUT2D eigenvalue weighted by molar-refractivity contribution is 7.89.